The Hall–Kier alpha value is -2.57. The van der Waals surface area contributed by atoms with Crippen LogP contribution in [0.4, 0.5) is 0 Å². The molecule has 2 aromatic rings. The van der Waals surface area contributed by atoms with Crippen molar-refractivity contribution in [2.75, 3.05) is 6.61 Å². The molecule has 4 rings (SSSR count). The van der Waals surface area contributed by atoms with E-state index in [9.17, 15) is 4.79 Å². The molecule has 0 fully saturated rings. The molecular weight excluding hydrogens is 454 g/mol. The molecule has 0 bridgehead atoms. The number of aliphatic carboxylic acids is 1. The van der Waals surface area contributed by atoms with Crippen molar-refractivity contribution in [3.05, 3.63) is 58.7 Å². The number of aliphatic imine (C=N–C) groups is 1. The molecule has 7 heteroatoms. The summed E-state index contributed by atoms with van der Waals surface area (Å²) < 4.78 is 12.3. The summed E-state index contributed by atoms with van der Waals surface area (Å²) in [6.45, 7) is 14.6. The van der Waals surface area contributed by atoms with Gasteiger partial charge in [0.2, 0.25) is 0 Å². The Morgan fingerprint density at radius 2 is 1.74 bits per heavy atom. The first-order valence-electron chi connectivity index (χ1n) is 11.3. The number of carboxylic acids is 1. The number of hydrogen-bond acceptors (Lipinski definition) is 4. The average molecular weight is 492 g/mol. The third kappa shape index (κ3) is 6.51. The van der Waals surface area contributed by atoms with Crippen molar-refractivity contribution in [1.29, 1.82) is 0 Å². The SMILES string of the molecule is CC(C)C(=O)O.CCOc1cc2c(c3c1OC(C)(C)C3)C(c1ccccc1)=NC(C)(C)C2.Cl.O. The number of hydrogen-bond donors (Lipinski definition) is 1. The standard InChI is InChI=1S/C23H27NO2.C4H8O2.ClH.H2O/c1-6-25-18-12-16-13-22(2,3)24-20(15-10-8-7-9-11-15)19(16)17-14-23(4,5)26-21(17)18;1-3(2)4(5)6;;/h7-12H,6,13-14H2,1-5H3;3H,1-2H3,(H,5,6);1H;1H2. The topological polar surface area (TPSA) is 99.6 Å². The van der Waals surface area contributed by atoms with E-state index in [0.29, 0.717) is 6.61 Å². The number of ether oxygens (including phenoxy) is 2. The van der Waals surface area contributed by atoms with Crippen LogP contribution < -0.4 is 9.47 Å². The van der Waals surface area contributed by atoms with Gasteiger partial charge in [-0.3, -0.25) is 9.79 Å². The molecule has 0 saturated carbocycles. The molecule has 2 aliphatic rings. The summed E-state index contributed by atoms with van der Waals surface area (Å²) in [5.41, 5.74) is 5.69. The molecule has 188 valence electrons. The van der Waals surface area contributed by atoms with Crippen molar-refractivity contribution in [2.45, 2.75) is 72.4 Å². The maximum atomic E-state index is 9.70. The Labute approximate surface area is 209 Å². The molecule has 0 atom stereocenters. The molecule has 34 heavy (non-hydrogen) atoms. The van der Waals surface area contributed by atoms with Gasteiger partial charge in [-0.1, -0.05) is 44.2 Å². The average Bonchev–Trinajstić information content (AvgIpc) is 3.03. The van der Waals surface area contributed by atoms with Gasteiger partial charge in [0.1, 0.15) is 5.60 Å². The van der Waals surface area contributed by atoms with Crippen LogP contribution >= 0.6 is 12.4 Å². The van der Waals surface area contributed by atoms with Crippen molar-refractivity contribution in [3.8, 4) is 11.5 Å². The van der Waals surface area contributed by atoms with E-state index in [-0.39, 0.29) is 34.9 Å². The van der Waals surface area contributed by atoms with Crippen molar-refractivity contribution in [1.82, 2.24) is 0 Å². The van der Waals surface area contributed by atoms with Crippen molar-refractivity contribution >= 4 is 24.1 Å². The fourth-order valence-corrected chi connectivity index (χ4v) is 4.14. The molecule has 0 unspecified atom stereocenters. The lowest BCUT2D eigenvalue weighted by Gasteiger charge is -2.31. The maximum Gasteiger partial charge on any atom is 0.305 e. The van der Waals surface area contributed by atoms with Gasteiger partial charge >= 0.3 is 5.97 Å². The molecule has 0 radical (unpaired) electrons. The van der Waals surface area contributed by atoms with E-state index >= 15 is 0 Å². The molecule has 6 nitrogen and oxygen atoms in total. The lowest BCUT2D eigenvalue weighted by atomic mass is 9.81. The first-order valence-corrected chi connectivity index (χ1v) is 11.3. The van der Waals surface area contributed by atoms with Crippen LogP contribution in [0.5, 0.6) is 11.5 Å². The molecule has 2 aliphatic heterocycles. The first-order chi connectivity index (χ1) is 14.9. The zero-order valence-corrected chi connectivity index (χ0v) is 22.0. The molecule has 0 amide bonds. The smallest absolute Gasteiger partial charge is 0.305 e. The quantitative estimate of drug-likeness (QED) is 0.627. The summed E-state index contributed by atoms with van der Waals surface area (Å²) >= 11 is 0. The molecule has 2 heterocycles. The van der Waals surface area contributed by atoms with Gasteiger partial charge in [-0.15, -0.1) is 12.4 Å². The minimum absolute atomic E-state index is 0. The second kappa shape index (κ2) is 11.2. The van der Waals surface area contributed by atoms with Gasteiger partial charge in [0.25, 0.3) is 0 Å². The first kappa shape index (κ1) is 29.5. The second-order valence-corrected chi connectivity index (χ2v) is 10.00. The van der Waals surface area contributed by atoms with Crippen LogP contribution in [0.2, 0.25) is 0 Å². The number of fused-ring (bicyclic) bond motifs is 3. The van der Waals surface area contributed by atoms with Crippen LogP contribution in [-0.2, 0) is 17.6 Å². The summed E-state index contributed by atoms with van der Waals surface area (Å²) in [6.07, 6.45) is 1.78. The summed E-state index contributed by atoms with van der Waals surface area (Å²) in [5, 5.41) is 7.99. The molecule has 0 aromatic heterocycles. The van der Waals surface area contributed by atoms with Crippen molar-refractivity contribution in [3.63, 3.8) is 0 Å². The minimum Gasteiger partial charge on any atom is -0.490 e. The second-order valence-electron chi connectivity index (χ2n) is 10.00. The van der Waals surface area contributed by atoms with E-state index in [0.717, 1.165) is 35.6 Å². The van der Waals surface area contributed by atoms with Gasteiger partial charge < -0.3 is 20.1 Å². The van der Waals surface area contributed by atoms with E-state index < -0.39 is 5.97 Å². The summed E-state index contributed by atoms with van der Waals surface area (Å²) in [7, 11) is 0. The van der Waals surface area contributed by atoms with Gasteiger partial charge in [-0.25, -0.2) is 0 Å². The van der Waals surface area contributed by atoms with E-state index in [1.54, 1.807) is 13.8 Å². The fraction of sp³-hybridized carbons (Fsp3) is 0.481. The van der Waals surface area contributed by atoms with E-state index in [4.69, 9.17) is 19.6 Å². The number of rotatable bonds is 4. The fourth-order valence-electron chi connectivity index (χ4n) is 4.14. The van der Waals surface area contributed by atoms with E-state index in [1.807, 2.05) is 13.0 Å². The zero-order chi connectivity index (χ0) is 23.7. The zero-order valence-electron chi connectivity index (χ0n) is 21.2. The summed E-state index contributed by atoms with van der Waals surface area (Å²) in [5.74, 6) is 0.802. The van der Waals surface area contributed by atoms with E-state index in [2.05, 4.69) is 58.0 Å². The van der Waals surface area contributed by atoms with Crippen LogP contribution in [0.3, 0.4) is 0 Å². The molecule has 3 N–H and O–H groups in total. The largest absolute Gasteiger partial charge is 0.490 e. The Kier molecular flexibility index (Phi) is 9.74. The lowest BCUT2D eigenvalue weighted by molar-refractivity contribution is -0.140. The highest BCUT2D eigenvalue weighted by atomic mass is 35.5. The predicted molar refractivity (Wildman–Crippen MR) is 139 cm³/mol. The molecular formula is C27H38ClNO5. The van der Waals surface area contributed by atoms with Crippen LogP contribution in [0.25, 0.3) is 0 Å². The Bertz CT molecular complexity index is 1030. The van der Waals surface area contributed by atoms with Gasteiger partial charge in [-0.2, -0.15) is 0 Å². The predicted octanol–water partition coefficient (Wildman–Crippen LogP) is 5.30. The maximum absolute atomic E-state index is 9.70. The third-order valence-electron chi connectivity index (χ3n) is 5.52. The van der Waals surface area contributed by atoms with Crippen LogP contribution in [-0.4, -0.2) is 40.0 Å². The van der Waals surface area contributed by atoms with Gasteiger partial charge in [-0.05, 0) is 52.7 Å². The summed E-state index contributed by atoms with van der Waals surface area (Å²) in [6, 6.07) is 12.7. The highest BCUT2D eigenvalue weighted by Crippen LogP contribution is 2.47. The number of carbonyl (C=O) groups is 1. The van der Waals surface area contributed by atoms with Gasteiger partial charge in [0.15, 0.2) is 11.5 Å². The van der Waals surface area contributed by atoms with Crippen LogP contribution in [0, 0.1) is 5.92 Å². The van der Waals surface area contributed by atoms with Crippen molar-refractivity contribution < 1.29 is 24.9 Å². The highest BCUT2D eigenvalue weighted by Gasteiger charge is 2.39. The Morgan fingerprint density at radius 3 is 2.26 bits per heavy atom. The lowest BCUT2D eigenvalue weighted by Crippen LogP contribution is -2.30. The number of benzene rings is 2. The molecule has 2 aromatic carbocycles. The highest BCUT2D eigenvalue weighted by molar-refractivity contribution is 6.16. The molecule has 0 spiro atoms. The normalized spacial score (nSPS) is 16.3. The van der Waals surface area contributed by atoms with Gasteiger partial charge in [0, 0.05) is 23.1 Å². The molecule has 0 aliphatic carbocycles. The number of carboxylic acid groups (broad SMARTS) is 1. The van der Waals surface area contributed by atoms with E-state index in [1.165, 1.54) is 16.7 Å². The van der Waals surface area contributed by atoms with Crippen LogP contribution in [0.15, 0.2) is 41.4 Å². The number of halogens is 1. The minimum atomic E-state index is -0.741. The Balaban J connectivity index is 0.000000647. The number of nitrogens with zero attached hydrogens (tertiary/aromatic N) is 1. The van der Waals surface area contributed by atoms with Gasteiger partial charge in [0.05, 0.1) is 23.8 Å². The Morgan fingerprint density at radius 1 is 1.15 bits per heavy atom. The van der Waals surface area contributed by atoms with Crippen LogP contribution in [0.1, 0.15) is 70.7 Å². The third-order valence-corrected chi connectivity index (χ3v) is 5.52. The monoisotopic (exact) mass is 491 g/mol. The molecule has 0 saturated heterocycles. The summed E-state index contributed by atoms with van der Waals surface area (Å²) in [4.78, 5) is 14.8. The van der Waals surface area contributed by atoms with Crippen molar-refractivity contribution in [2.24, 2.45) is 10.9 Å².